The molecule has 1 N–H and O–H groups in total. The Hall–Kier alpha value is -0.780. The number of benzene rings is 1. The van der Waals surface area contributed by atoms with Gasteiger partial charge < -0.3 is 19.3 Å². The van der Waals surface area contributed by atoms with Crippen LogP contribution in [0.3, 0.4) is 0 Å². The lowest BCUT2D eigenvalue weighted by atomic mass is 9.89. The Morgan fingerprint density at radius 3 is 2.32 bits per heavy atom. The van der Waals surface area contributed by atoms with Gasteiger partial charge in [0.2, 0.25) is 0 Å². The minimum atomic E-state index is -0.792. The third-order valence-electron chi connectivity index (χ3n) is 3.56. The van der Waals surface area contributed by atoms with Crippen molar-refractivity contribution in [3.05, 3.63) is 22.2 Å². The molecule has 0 aromatic heterocycles. The minimum Gasteiger partial charge on any atom is -0.495 e. The van der Waals surface area contributed by atoms with Gasteiger partial charge in [0, 0.05) is 12.7 Å². The number of aliphatic hydroxyl groups excluding tert-OH is 1. The summed E-state index contributed by atoms with van der Waals surface area (Å²) in [5.41, 5.74) is 0.00257. The Morgan fingerprint density at radius 2 is 1.89 bits per heavy atom. The van der Waals surface area contributed by atoms with Gasteiger partial charge in [0.05, 0.1) is 19.8 Å². The van der Waals surface area contributed by atoms with Crippen molar-refractivity contribution in [1.29, 1.82) is 0 Å². The van der Waals surface area contributed by atoms with Crippen LogP contribution in [-0.2, 0) is 4.74 Å². The topological polar surface area (TPSA) is 47.9 Å². The van der Waals surface area contributed by atoms with Gasteiger partial charge in [-0.05, 0) is 41.4 Å². The Kier molecular flexibility index (Phi) is 5.64. The maximum absolute atomic E-state index is 10.6. The van der Waals surface area contributed by atoms with Crippen molar-refractivity contribution in [2.75, 3.05) is 21.3 Å². The summed E-state index contributed by atoms with van der Waals surface area (Å²) in [5, 5.41) is 10.6. The fourth-order valence-electron chi connectivity index (χ4n) is 1.91. The molecule has 0 amide bonds. The van der Waals surface area contributed by atoms with E-state index in [2.05, 4.69) is 15.9 Å². The molecule has 108 valence electrons. The molecular formula is C14H21BrO4. The second-order valence-electron chi connectivity index (χ2n) is 4.48. The summed E-state index contributed by atoms with van der Waals surface area (Å²) in [7, 11) is 4.74. The highest BCUT2D eigenvalue weighted by molar-refractivity contribution is 9.10. The van der Waals surface area contributed by atoms with E-state index in [9.17, 15) is 5.11 Å². The van der Waals surface area contributed by atoms with Crippen molar-refractivity contribution in [3.8, 4) is 11.5 Å². The van der Waals surface area contributed by atoms with Crippen molar-refractivity contribution in [2.24, 2.45) is 0 Å². The number of ether oxygens (including phenoxy) is 3. The molecule has 1 aromatic carbocycles. The van der Waals surface area contributed by atoms with Crippen LogP contribution in [0.2, 0.25) is 0 Å². The van der Waals surface area contributed by atoms with Crippen molar-refractivity contribution in [3.63, 3.8) is 0 Å². The van der Waals surface area contributed by atoms with Gasteiger partial charge in [-0.2, -0.15) is 0 Å². The number of aliphatic hydroxyl groups is 1. The lowest BCUT2D eigenvalue weighted by molar-refractivity contribution is -0.0950. The van der Waals surface area contributed by atoms with Crippen molar-refractivity contribution < 1.29 is 19.3 Å². The normalized spacial score (nSPS) is 15.7. The molecule has 0 fully saturated rings. The molecule has 2 atom stereocenters. The van der Waals surface area contributed by atoms with Crippen LogP contribution < -0.4 is 9.47 Å². The monoisotopic (exact) mass is 332 g/mol. The van der Waals surface area contributed by atoms with E-state index in [1.807, 2.05) is 13.8 Å². The number of hydrogen-bond acceptors (Lipinski definition) is 4. The Labute approximate surface area is 122 Å². The van der Waals surface area contributed by atoms with Gasteiger partial charge in [-0.15, -0.1) is 0 Å². The molecule has 0 saturated heterocycles. The molecule has 2 unspecified atom stereocenters. The van der Waals surface area contributed by atoms with E-state index in [4.69, 9.17) is 14.2 Å². The van der Waals surface area contributed by atoms with Crippen molar-refractivity contribution in [2.45, 2.75) is 32.0 Å². The molecule has 0 aliphatic carbocycles. The van der Waals surface area contributed by atoms with E-state index >= 15 is 0 Å². The van der Waals surface area contributed by atoms with Crippen LogP contribution in [0.5, 0.6) is 11.5 Å². The molecule has 0 spiro atoms. The van der Waals surface area contributed by atoms with E-state index in [0.29, 0.717) is 28.0 Å². The van der Waals surface area contributed by atoms with Gasteiger partial charge in [0.25, 0.3) is 0 Å². The quantitative estimate of drug-likeness (QED) is 0.868. The molecule has 0 heterocycles. The summed E-state index contributed by atoms with van der Waals surface area (Å²) in [5.74, 6) is 1.21. The fourth-order valence-corrected chi connectivity index (χ4v) is 2.60. The van der Waals surface area contributed by atoms with E-state index in [1.165, 1.54) is 0 Å². The van der Waals surface area contributed by atoms with Crippen LogP contribution in [0.15, 0.2) is 16.6 Å². The third-order valence-corrected chi connectivity index (χ3v) is 4.31. The first-order valence-electron chi connectivity index (χ1n) is 6.08. The van der Waals surface area contributed by atoms with E-state index in [1.54, 1.807) is 33.5 Å². The summed E-state index contributed by atoms with van der Waals surface area (Å²) < 4.78 is 16.7. The van der Waals surface area contributed by atoms with Gasteiger partial charge >= 0.3 is 0 Å². The largest absolute Gasteiger partial charge is 0.495 e. The van der Waals surface area contributed by atoms with E-state index in [-0.39, 0.29) is 0 Å². The molecule has 5 heteroatoms. The van der Waals surface area contributed by atoms with Crippen molar-refractivity contribution in [1.82, 2.24) is 0 Å². The third kappa shape index (κ3) is 3.04. The van der Waals surface area contributed by atoms with Crippen LogP contribution in [0, 0.1) is 0 Å². The summed E-state index contributed by atoms with van der Waals surface area (Å²) >= 11 is 3.43. The van der Waals surface area contributed by atoms with Gasteiger partial charge in [0.15, 0.2) is 0 Å². The number of methoxy groups -OCH3 is 3. The summed E-state index contributed by atoms with van der Waals surface area (Å²) in [6.07, 6.45) is -0.114. The molecule has 0 bridgehead atoms. The number of hydrogen-bond donors (Lipinski definition) is 1. The van der Waals surface area contributed by atoms with Crippen LogP contribution >= 0.6 is 15.9 Å². The molecule has 19 heavy (non-hydrogen) atoms. The highest BCUT2D eigenvalue weighted by Gasteiger charge is 2.35. The maximum atomic E-state index is 10.6. The zero-order valence-electron chi connectivity index (χ0n) is 12.0. The standard InChI is InChI=1S/C14H21BrO4/c1-6-14(2,19-5)13(16)9-7-8-10(17-3)11(15)12(9)18-4/h7-8,13,16H,6H2,1-5H3. The van der Waals surface area contributed by atoms with Crippen LogP contribution in [0.4, 0.5) is 0 Å². The average Bonchev–Trinajstić information content (AvgIpc) is 2.45. The van der Waals surface area contributed by atoms with Crippen molar-refractivity contribution >= 4 is 15.9 Å². The summed E-state index contributed by atoms with van der Waals surface area (Å²) in [6.45, 7) is 3.84. The maximum Gasteiger partial charge on any atom is 0.142 e. The van der Waals surface area contributed by atoms with Gasteiger partial charge in [0.1, 0.15) is 22.1 Å². The molecule has 0 aliphatic rings. The second-order valence-corrected chi connectivity index (χ2v) is 5.27. The van der Waals surface area contributed by atoms with Crippen LogP contribution in [0.1, 0.15) is 31.9 Å². The van der Waals surface area contributed by atoms with Crippen LogP contribution in [-0.4, -0.2) is 32.0 Å². The van der Waals surface area contributed by atoms with Gasteiger partial charge in [-0.25, -0.2) is 0 Å². The average molecular weight is 333 g/mol. The smallest absolute Gasteiger partial charge is 0.142 e. The lowest BCUT2D eigenvalue weighted by Gasteiger charge is -2.33. The number of halogens is 1. The predicted octanol–water partition coefficient (Wildman–Crippen LogP) is 3.31. The zero-order valence-corrected chi connectivity index (χ0v) is 13.6. The molecule has 1 aromatic rings. The first-order valence-corrected chi connectivity index (χ1v) is 6.88. The zero-order chi connectivity index (χ0) is 14.6. The van der Waals surface area contributed by atoms with Gasteiger partial charge in [-0.3, -0.25) is 0 Å². The molecule has 4 nitrogen and oxygen atoms in total. The van der Waals surface area contributed by atoms with Gasteiger partial charge in [-0.1, -0.05) is 6.92 Å². The molecule has 0 saturated carbocycles. The molecule has 0 aliphatic heterocycles. The first-order chi connectivity index (χ1) is 8.95. The minimum absolute atomic E-state index is 0.559. The SMILES string of the molecule is CCC(C)(OC)C(O)c1ccc(OC)c(Br)c1OC. The highest BCUT2D eigenvalue weighted by atomic mass is 79.9. The number of rotatable bonds is 6. The summed E-state index contributed by atoms with van der Waals surface area (Å²) in [4.78, 5) is 0. The highest BCUT2D eigenvalue weighted by Crippen LogP contribution is 2.43. The Bertz CT molecular complexity index is 430. The Balaban J connectivity index is 3.31. The van der Waals surface area contributed by atoms with E-state index in [0.717, 1.165) is 0 Å². The fraction of sp³-hybridized carbons (Fsp3) is 0.571. The molecular weight excluding hydrogens is 312 g/mol. The molecule has 1 rings (SSSR count). The lowest BCUT2D eigenvalue weighted by Crippen LogP contribution is -2.34. The second kappa shape index (κ2) is 6.59. The predicted molar refractivity (Wildman–Crippen MR) is 77.9 cm³/mol. The molecule has 0 radical (unpaired) electrons. The Morgan fingerprint density at radius 1 is 1.26 bits per heavy atom. The van der Waals surface area contributed by atoms with E-state index < -0.39 is 11.7 Å². The van der Waals surface area contributed by atoms with Crippen LogP contribution in [0.25, 0.3) is 0 Å². The summed E-state index contributed by atoms with van der Waals surface area (Å²) in [6, 6.07) is 3.58. The first kappa shape index (κ1) is 16.3.